The van der Waals surface area contributed by atoms with E-state index in [1.165, 1.54) is 20.0 Å². The molecule has 86 valence electrons. The van der Waals surface area contributed by atoms with Crippen molar-refractivity contribution >= 4 is 21.9 Å². The van der Waals surface area contributed by atoms with Crippen molar-refractivity contribution in [1.82, 2.24) is 9.97 Å². The molecule has 0 saturated heterocycles. The van der Waals surface area contributed by atoms with Gasteiger partial charge in [0.2, 0.25) is 0 Å². The molecule has 0 N–H and O–H groups in total. The number of methoxy groups -OCH3 is 1. The van der Waals surface area contributed by atoms with Gasteiger partial charge < -0.3 is 4.74 Å². The SMILES string of the molecule is COC(=O)c1nc(C2CCCC2)ncc1Br. The maximum Gasteiger partial charge on any atom is 0.357 e. The maximum atomic E-state index is 11.5. The molecule has 1 aliphatic carbocycles. The summed E-state index contributed by atoms with van der Waals surface area (Å²) in [6, 6.07) is 0. The lowest BCUT2D eigenvalue weighted by Gasteiger charge is -2.09. The summed E-state index contributed by atoms with van der Waals surface area (Å²) in [5.41, 5.74) is 0.319. The molecule has 0 atom stereocenters. The van der Waals surface area contributed by atoms with Crippen molar-refractivity contribution in [3.8, 4) is 0 Å². The first-order valence-electron chi connectivity index (χ1n) is 5.33. The predicted octanol–water partition coefficient (Wildman–Crippen LogP) is 2.68. The molecule has 0 amide bonds. The number of aromatic nitrogens is 2. The standard InChI is InChI=1S/C11H13BrN2O2/c1-16-11(15)9-8(12)6-13-10(14-9)7-4-2-3-5-7/h6-7H,2-5H2,1H3. The summed E-state index contributed by atoms with van der Waals surface area (Å²) in [6.07, 6.45) is 6.30. The van der Waals surface area contributed by atoms with Gasteiger partial charge in [0.15, 0.2) is 5.69 Å². The van der Waals surface area contributed by atoms with E-state index in [4.69, 9.17) is 0 Å². The highest BCUT2D eigenvalue weighted by Gasteiger charge is 2.22. The average molecular weight is 285 g/mol. The molecule has 1 aliphatic rings. The van der Waals surface area contributed by atoms with Gasteiger partial charge in [0.1, 0.15) is 5.82 Å². The van der Waals surface area contributed by atoms with E-state index in [1.54, 1.807) is 6.20 Å². The van der Waals surface area contributed by atoms with Crippen molar-refractivity contribution in [2.75, 3.05) is 7.11 Å². The van der Waals surface area contributed by atoms with E-state index in [0.717, 1.165) is 18.7 Å². The lowest BCUT2D eigenvalue weighted by molar-refractivity contribution is 0.0592. The molecular weight excluding hydrogens is 272 g/mol. The quantitative estimate of drug-likeness (QED) is 0.784. The van der Waals surface area contributed by atoms with Gasteiger partial charge in [-0.2, -0.15) is 0 Å². The van der Waals surface area contributed by atoms with Crippen LogP contribution in [0.2, 0.25) is 0 Å². The van der Waals surface area contributed by atoms with E-state index in [9.17, 15) is 4.79 Å². The van der Waals surface area contributed by atoms with Crippen molar-refractivity contribution in [2.24, 2.45) is 0 Å². The van der Waals surface area contributed by atoms with E-state index >= 15 is 0 Å². The Balaban J connectivity index is 2.30. The van der Waals surface area contributed by atoms with Crippen molar-refractivity contribution in [1.29, 1.82) is 0 Å². The van der Waals surface area contributed by atoms with Crippen LogP contribution in [0.3, 0.4) is 0 Å². The van der Waals surface area contributed by atoms with Crippen LogP contribution < -0.4 is 0 Å². The van der Waals surface area contributed by atoms with Crippen LogP contribution in [-0.2, 0) is 4.74 Å². The van der Waals surface area contributed by atoms with Gasteiger partial charge in [-0.15, -0.1) is 0 Å². The van der Waals surface area contributed by atoms with Crippen LogP contribution in [0.1, 0.15) is 47.9 Å². The van der Waals surface area contributed by atoms with Gasteiger partial charge in [-0.3, -0.25) is 0 Å². The minimum absolute atomic E-state index is 0.319. The van der Waals surface area contributed by atoms with E-state index < -0.39 is 5.97 Å². The molecule has 0 spiro atoms. The summed E-state index contributed by atoms with van der Waals surface area (Å²) in [5.74, 6) is 0.742. The number of carbonyl (C=O) groups is 1. The molecule has 1 saturated carbocycles. The number of carbonyl (C=O) groups excluding carboxylic acids is 1. The van der Waals surface area contributed by atoms with Gasteiger partial charge >= 0.3 is 5.97 Å². The Kier molecular flexibility index (Phi) is 3.53. The first-order valence-corrected chi connectivity index (χ1v) is 6.12. The highest BCUT2D eigenvalue weighted by molar-refractivity contribution is 9.10. The number of nitrogens with zero attached hydrogens (tertiary/aromatic N) is 2. The minimum atomic E-state index is -0.423. The monoisotopic (exact) mass is 284 g/mol. The summed E-state index contributed by atoms with van der Waals surface area (Å²) in [7, 11) is 1.35. The zero-order valence-corrected chi connectivity index (χ0v) is 10.7. The molecule has 0 bridgehead atoms. The molecule has 4 nitrogen and oxygen atoms in total. The summed E-state index contributed by atoms with van der Waals surface area (Å²) >= 11 is 3.25. The summed E-state index contributed by atoms with van der Waals surface area (Å²) in [4.78, 5) is 20.0. The number of rotatable bonds is 2. The zero-order valence-electron chi connectivity index (χ0n) is 9.07. The van der Waals surface area contributed by atoms with Crippen molar-refractivity contribution in [3.05, 3.63) is 22.2 Å². The van der Waals surface area contributed by atoms with Crippen LogP contribution >= 0.6 is 15.9 Å². The number of hydrogen-bond donors (Lipinski definition) is 0. The lowest BCUT2D eigenvalue weighted by atomic mass is 10.1. The lowest BCUT2D eigenvalue weighted by Crippen LogP contribution is -2.10. The molecular formula is C11H13BrN2O2. The Hall–Kier alpha value is -0.970. The van der Waals surface area contributed by atoms with Crippen LogP contribution in [-0.4, -0.2) is 23.0 Å². The third kappa shape index (κ3) is 2.24. The summed E-state index contributed by atoms with van der Waals surface area (Å²) in [6.45, 7) is 0. The smallest absolute Gasteiger partial charge is 0.357 e. The van der Waals surface area contributed by atoms with Crippen LogP contribution in [0.4, 0.5) is 0 Å². The molecule has 1 fully saturated rings. The van der Waals surface area contributed by atoms with Crippen LogP contribution in [0.25, 0.3) is 0 Å². The Morgan fingerprint density at radius 3 is 2.81 bits per heavy atom. The largest absolute Gasteiger partial charge is 0.464 e. The molecule has 0 radical (unpaired) electrons. The summed E-state index contributed by atoms with van der Waals surface area (Å²) in [5, 5.41) is 0. The Bertz CT molecular complexity index is 403. The number of ether oxygens (including phenoxy) is 1. The Morgan fingerprint density at radius 2 is 2.19 bits per heavy atom. The second-order valence-electron chi connectivity index (χ2n) is 3.90. The predicted molar refractivity (Wildman–Crippen MR) is 62.3 cm³/mol. The van der Waals surface area contributed by atoms with E-state index in [2.05, 4.69) is 30.6 Å². The van der Waals surface area contributed by atoms with E-state index in [0.29, 0.717) is 16.1 Å². The van der Waals surface area contributed by atoms with Crippen LogP contribution in [0, 0.1) is 0 Å². The fourth-order valence-electron chi connectivity index (χ4n) is 2.00. The molecule has 0 aliphatic heterocycles. The molecule has 5 heteroatoms. The second kappa shape index (κ2) is 4.91. The van der Waals surface area contributed by atoms with Gasteiger partial charge in [-0.05, 0) is 28.8 Å². The van der Waals surface area contributed by atoms with Crippen molar-refractivity contribution in [3.63, 3.8) is 0 Å². The number of hydrogen-bond acceptors (Lipinski definition) is 4. The van der Waals surface area contributed by atoms with Crippen LogP contribution in [0.5, 0.6) is 0 Å². The molecule has 1 heterocycles. The number of esters is 1. The van der Waals surface area contributed by atoms with Gasteiger partial charge in [-0.25, -0.2) is 14.8 Å². The third-order valence-corrected chi connectivity index (χ3v) is 3.44. The fourth-order valence-corrected chi connectivity index (χ4v) is 2.35. The Morgan fingerprint density at radius 1 is 1.50 bits per heavy atom. The highest BCUT2D eigenvalue weighted by Crippen LogP contribution is 2.32. The van der Waals surface area contributed by atoms with Gasteiger partial charge in [0.25, 0.3) is 0 Å². The van der Waals surface area contributed by atoms with Gasteiger partial charge in [-0.1, -0.05) is 12.8 Å². The second-order valence-corrected chi connectivity index (χ2v) is 4.75. The highest BCUT2D eigenvalue weighted by atomic mass is 79.9. The first-order chi connectivity index (χ1) is 7.72. The fraction of sp³-hybridized carbons (Fsp3) is 0.545. The van der Waals surface area contributed by atoms with Crippen molar-refractivity contribution < 1.29 is 9.53 Å². The molecule has 0 unspecified atom stereocenters. The Labute approximate surface area is 103 Å². The molecule has 0 aromatic carbocycles. The van der Waals surface area contributed by atoms with E-state index in [-0.39, 0.29) is 0 Å². The van der Waals surface area contributed by atoms with Gasteiger partial charge in [0, 0.05) is 12.1 Å². The minimum Gasteiger partial charge on any atom is -0.464 e. The normalized spacial score (nSPS) is 16.4. The number of halogens is 1. The first kappa shape index (κ1) is 11.5. The zero-order chi connectivity index (χ0) is 11.5. The molecule has 1 aromatic heterocycles. The molecule has 1 aromatic rings. The van der Waals surface area contributed by atoms with Gasteiger partial charge in [0.05, 0.1) is 11.6 Å². The van der Waals surface area contributed by atoms with Crippen molar-refractivity contribution in [2.45, 2.75) is 31.6 Å². The summed E-state index contributed by atoms with van der Waals surface area (Å²) < 4.78 is 5.26. The molecule has 16 heavy (non-hydrogen) atoms. The average Bonchev–Trinajstić information content (AvgIpc) is 2.82. The molecule has 2 rings (SSSR count). The van der Waals surface area contributed by atoms with Crippen LogP contribution in [0.15, 0.2) is 10.7 Å². The topological polar surface area (TPSA) is 52.1 Å². The van der Waals surface area contributed by atoms with E-state index in [1.807, 2.05) is 0 Å². The third-order valence-electron chi connectivity index (χ3n) is 2.86. The maximum absolute atomic E-state index is 11.5.